The van der Waals surface area contributed by atoms with Crippen LogP contribution in [0.5, 0.6) is 0 Å². The Hall–Kier alpha value is -1.92. The number of unbranched alkanes of at least 4 members (excludes halogenated alkanes) is 2. The molecule has 0 unspecified atom stereocenters. The number of carbonyl (C=O) groups excluding carboxylic acids is 1. The lowest BCUT2D eigenvalue weighted by atomic mass is 9.99. The maximum Gasteiger partial charge on any atom is 0.316 e. The standard InChI is InChI=1S/C31H35BrN2O2S3/c1-3-5-16-37-20-26(21-38-17-6-4-2)36-30(35)22-39-31-28(19-33)27(23-10-8-7-9-11-23)18-29(34-31)24-12-14-25(32)15-13-24/h7-15,18,26H,3-6,16-17,20-22H2,1-2H3. The molecule has 39 heavy (non-hydrogen) atoms. The molecule has 0 saturated heterocycles. The Balaban J connectivity index is 1.79. The average Bonchev–Trinajstić information content (AvgIpc) is 2.96. The van der Waals surface area contributed by atoms with Crippen molar-refractivity contribution in [1.82, 2.24) is 4.98 Å². The number of ether oxygens (including phenoxy) is 1. The summed E-state index contributed by atoms with van der Waals surface area (Å²) in [5, 5.41) is 10.7. The molecule has 2 aromatic carbocycles. The van der Waals surface area contributed by atoms with Crippen molar-refractivity contribution in [2.24, 2.45) is 0 Å². The zero-order valence-electron chi connectivity index (χ0n) is 22.5. The Morgan fingerprint density at radius 1 is 0.974 bits per heavy atom. The van der Waals surface area contributed by atoms with Crippen LogP contribution < -0.4 is 0 Å². The second-order valence-electron chi connectivity index (χ2n) is 8.98. The Labute approximate surface area is 254 Å². The lowest BCUT2D eigenvalue weighted by Gasteiger charge is -2.18. The summed E-state index contributed by atoms with van der Waals surface area (Å²) in [5.74, 6) is 3.63. The third kappa shape index (κ3) is 10.5. The minimum absolute atomic E-state index is 0.107. The molecule has 0 bridgehead atoms. The minimum atomic E-state index is -0.266. The molecule has 0 spiro atoms. The zero-order chi connectivity index (χ0) is 27.9. The molecule has 3 aromatic rings. The number of hydrogen-bond acceptors (Lipinski definition) is 7. The second-order valence-corrected chi connectivity index (χ2v) is 13.2. The van der Waals surface area contributed by atoms with Gasteiger partial charge in [-0.25, -0.2) is 4.98 Å². The molecule has 0 amide bonds. The fourth-order valence-electron chi connectivity index (χ4n) is 3.73. The van der Waals surface area contributed by atoms with Gasteiger partial charge in [0, 0.05) is 27.1 Å². The van der Waals surface area contributed by atoms with E-state index in [9.17, 15) is 10.1 Å². The van der Waals surface area contributed by atoms with Crippen LogP contribution in [0.4, 0.5) is 0 Å². The summed E-state index contributed by atoms with van der Waals surface area (Å²) in [5.41, 5.74) is 3.92. The van der Waals surface area contributed by atoms with Gasteiger partial charge in [0.15, 0.2) is 0 Å². The van der Waals surface area contributed by atoms with Crippen LogP contribution in [0.25, 0.3) is 22.4 Å². The quantitative estimate of drug-likeness (QED) is 0.0877. The molecule has 0 atom stereocenters. The fraction of sp³-hybridized carbons (Fsp3) is 0.387. The first-order valence-corrected chi connectivity index (χ1v) is 17.4. The van der Waals surface area contributed by atoms with Crippen molar-refractivity contribution in [1.29, 1.82) is 5.26 Å². The number of nitriles is 1. The number of carbonyl (C=O) groups is 1. The van der Waals surface area contributed by atoms with E-state index < -0.39 is 0 Å². The van der Waals surface area contributed by atoms with Crippen molar-refractivity contribution in [2.45, 2.75) is 50.7 Å². The number of nitrogens with zero attached hydrogens (tertiary/aromatic N) is 2. The summed E-state index contributed by atoms with van der Waals surface area (Å²) in [6.07, 6.45) is 4.56. The summed E-state index contributed by atoms with van der Waals surface area (Å²) < 4.78 is 6.91. The topological polar surface area (TPSA) is 63.0 Å². The number of esters is 1. The van der Waals surface area contributed by atoms with E-state index in [-0.39, 0.29) is 17.8 Å². The van der Waals surface area contributed by atoms with Crippen LogP contribution in [0.1, 0.15) is 45.1 Å². The molecular formula is C31H35BrN2O2S3. The van der Waals surface area contributed by atoms with Gasteiger partial charge in [-0.3, -0.25) is 4.79 Å². The van der Waals surface area contributed by atoms with E-state index in [1.165, 1.54) is 24.6 Å². The van der Waals surface area contributed by atoms with Crippen molar-refractivity contribution in [3.63, 3.8) is 0 Å². The first kappa shape index (κ1) is 31.6. The van der Waals surface area contributed by atoms with E-state index in [2.05, 4.69) is 35.8 Å². The summed E-state index contributed by atoms with van der Waals surface area (Å²) in [6.45, 7) is 4.38. The van der Waals surface area contributed by atoms with Crippen LogP contribution >= 0.6 is 51.2 Å². The molecule has 3 rings (SSSR count). The van der Waals surface area contributed by atoms with Crippen molar-refractivity contribution in [2.75, 3.05) is 28.8 Å². The molecule has 0 aliphatic rings. The van der Waals surface area contributed by atoms with Crippen LogP contribution in [0.2, 0.25) is 0 Å². The van der Waals surface area contributed by atoms with Gasteiger partial charge in [-0.1, -0.05) is 96.8 Å². The highest BCUT2D eigenvalue weighted by Crippen LogP contribution is 2.34. The lowest BCUT2D eigenvalue weighted by molar-refractivity contribution is -0.143. The molecule has 0 aliphatic heterocycles. The van der Waals surface area contributed by atoms with Crippen molar-refractivity contribution in [3.8, 4) is 28.5 Å². The normalized spacial score (nSPS) is 10.9. The van der Waals surface area contributed by atoms with E-state index in [4.69, 9.17) is 9.72 Å². The maximum atomic E-state index is 13.0. The molecule has 4 nitrogen and oxygen atoms in total. The third-order valence-corrected chi connectivity index (χ3v) is 9.69. The Bertz CT molecular complexity index is 1200. The molecule has 0 radical (unpaired) electrons. The third-order valence-electron chi connectivity index (χ3n) is 5.84. The number of pyridine rings is 1. The molecule has 0 saturated carbocycles. The van der Waals surface area contributed by atoms with Crippen molar-refractivity contribution in [3.05, 3.63) is 70.7 Å². The molecule has 0 aliphatic carbocycles. The number of halogens is 1. The number of rotatable bonds is 16. The summed E-state index contributed by atoms with van der Waals surface area (Å²) in [6, 6.07) is 22.1. The highest BCUT2D eigenvalue weighted by atomic mass is 79.9. The van der Waals surface area contributed by atoms with Crippen LogP contribution in [0.3, 0.4) is 0 Å². The monoisotopic (exact) mass is 642 g/mol. The summed E-state index contributed by atoms with van der Waals surface area (Å²) in [7, 11) is 0. The number of hydrogen-bond donors (Lipinski definition) is 0. The van der Waals surface area contributed by atoms with Gasteiger partial charge in [0.25, 0.3) is 0 Å². The van der Waals surface area contributed by atoms with Gasteiger partial charge in [-0.15, -0.1) is 0 Å². The Morgan fingerprint density at radius 2 is 1.62 bits per heavy atom. The molecule has 0 fully saturated rings. The molecule has 206 valence electrons. The van der Waals surface area contributed by atoms with Gasteiger partial charge in [-0.2, -0.15) is 28.8 Å². The van der Waals surface area contributed by atoms with Crippen LogP contribution in [-0.4, -0.2) is 45.8 Å². The van der Waals surface area contributed by atoms with Crippen molar-refractivity contribution < 1.29 is 9.53 Å². The van der Waals surface area contributed by atoms with Gasteiger partial charge in [0.1, 0.15) is 17.2 Å². The van der Waals surface area contributed by atoms with Crippen LogP contribution in [0.15, 0.2) is 70.2 Å². The van der Waals surface area contributed by atoms with Gasteiger partial charge in [0.2, 0.25) is 0 Å². The van der Waals surface area contributed by atoms with E-state index in [1.54, 1.807) is 0 Å². The highest BCUT2D eigenvalue weighted by molar-refractivity contribution is 9.10. The van der Waals surface area contributed by atoms with E-state index >= 15 is 0 Å². The number of aromatic nitrogens is 1. The molecular weight excluding hydrogens is 608 g/mol. The van der Waals surface area contributed by atoms with Gasteiger partial charge >= 0.3 is 5.97 Å². The largest absolute Gasteiger partial charge is 0.460 e. The van der Waals surface area contributed by atoms with Crippen LogP contribution in [0, 0.1) is 11.3 Å². The zero-order valence-corrected chi connectivity index (χ0v) is 26.6. The van der Waals surface area contributed by atoms with E-state index in [0.717, 1.165) is 62.7 Å². The second kappa shape index (κ2) is 17.7. The van der Waals surface area contributed by atoms with E-state index in [1.807, 2.05) is 84.2 Å². The van der Waals surface area contributed by atoms with Gasteiger partial charge < -0.3 is 4.74 Å². The number of thioether (sulfide) groups is 3. The lowest BCUT2D eigenvalue weighted by Crippen LogP contribution is -2.24. The molecule has 0 N–H and O–H groups in total. The Kier molecular flexibility index (Phi) is 14.3. The predicted molar refractivity (Wildman–Crippen MR) is 173 cm³/mol. The first-order chi connectivity index (χ1) is 19.0. The fourth-order valence-corrected chi connectivity index (χ4v) is 7.15. The SMILES string of the molecule is CCCCSCC(CSCCCC)OC(=O)CSc1nc(-c2ccc(Br)cc2)cc(-c2ccccc2)c1C#N. The maximum absolute atomic E-state index is 13.0. The predicted octanol–water partition coefficient (Wildman–Crippen LogP) is 9.12. The smallest absolute Gasteiger partial charge is 0.316 e. The number of benzene rings is 2. The van der Waals surface area contributed by atoms with Crippen LogP contribution in [-0.2, 0) is 9.53 Å². The van der Waals surface area contributed by atoms with Gasteiger partial charge in [0.05, 0.1) is 17.0 Å². The highest BCUT2D eigenvalue weighted by Gasteiger charge is 2.19. The first-order valence-electron chi connectivity index (χ1n) is 13.3. The Morgan fingerprint density at radius 3 is 2.21 bits per heavy atom. The average molecular weight is 644 g/mol. The molecule has 1 aromatic heterocycles. The summed E-state index contributed by atoms with van der Waals surface area (Å²) in [4.78, 5) is 17.8. The molecule has 8 heteroatoms. The summed E-state index contributed by atoms with van der Waals surface area (Å²) >= 11 is 8.48. The van der Waals surface area contributed by atoms with Gasteiger partial charge in [-0.05, 0) is 48.1 Å². The van der Waals surface area contributed by atoms with Crippen molar-refractivity contribution >= 4 is 57.2 Å². The van der Waals surface area contributed by atoms with E-state index in [0.29, 0.717) is 10.6 Å². The molecule has 1 heterocycles. The minimum Gasteiger partial charge on any atom is -0.460 e.